The van der Waals surface area contributed by atoms with E-state index < -0.39 is 15.6 Å². The number of anilines is 1. The van der Waals surface area contributed by atoms with Crippen LogP contribution < -0.4 is 15.0 Å². The van der Waals surface area contributed by atoms with Crippen molar-refractivity contribution in [2.24, 2.45) is 0 Å². The van der Waals surface area contributed by atoms with Crippen LogP contribution in [0.3, 0.4) is 0 Å². The van der Waals surface area contributed by atoms with Crippen LogP contribution in [0, 0.1) is 0 Å². The van der Waals surface area contributed by atoms with Gasteiger partial charge in [-0.2, -0.15) is 0 Å². The zero-order valence-corrected chi connectivity index (χ0v) is 20.9. The molecule has 1 aliphatic heterocycles. The van der Waals surface area contributed by atoms with Gasteiger partial charge in [-0.25, -0.2) is 8.42 Å². The highest BCUT2D eigenvalue weighted by Gasteiger charge is 2.27. The van der Waals surface area contributed by atoms with Crippen molar-refractivity contribution in [3.63, 3.8) is 0 Å². The number of sulfonamides is 1. The van der Waals surface area contributed by atoms with Gasteiger partial charge in [-0.05, 0) is 76.3 Å². The van der Waals surface area contributed by atoms with E-state index in [2.05, 4.69) is 14.6 Å². The molecule has 1 fully saturated rings. The summed E-state index contributed by atoms with van der Waals surface area (Å²) >= 11 is 0. The third-order valence-corrected chi connectivity index (χ3v) is 7.57. The Bertz CT molecular complexity index is 1380. The van der Waals surface area contributed by atoms with E-state index in [1.807, 2.05) is 21.0 Å². The lowest BCUT2D eigenvalue weighted by atomic mass is 10.0. The quantitative estimate of drug-likeness (QED) is 0.518. The SMILES string of the molecule is CCOc1ccc(NS(=O)(=O)c2ccc3[nH]c(=O)cc(C(=O)N4CCCC(N(C)C)C4)c3c2)cc1. The van der Waals surface area contributed by atoms with Gasteiger partial charge in [0.15, 0.2) is 0 Å². The van der Waals surface area contributed by atoms with E-state index >= 15 is 0 Å². The molecule has 0 radical (unpaired) electrons. The number of carbonyl (C=O) groups is 1. The van der Waals surface area contributed by atoms with E-state index in [-0.39, 0.29) is 22.4 Å². The van der Waals surface area contributed by atoms with Crippen molar-refractivity contribution >= 4 is 32.5 Å². The number of amides is 1. The molecule has 2 N–H and O–H groups in total. The smallest absolute Gasteiger partial charge is 0.261 e. The molecule has 2 heterocycles. The summed E-state index contributed by atoms with van der Waals surface area (Å²) in [4.78, 5) is 32.3. The molecule has 0 aliphatic carbocycles. The summed E-state index contributed by atoms with van der Waals surface area (Å²) in [5, 5.41) is 0.385. The Balaban J connectivity index is 1.67. The molecular weight excluding hydrogens is 468 g/mol. The van der Waals surface area contributed by atoms with Crippen molar-refractivity contribution in [2.75, 3.05) is 38.5 Å². The first-order chi connectivity index (χ1) is 16.7. The van der Waals surface area contributed by atoms with Crippen molar-refractivity contribution in [1.82, 2.24) is 14.8 Å². The van der Waals surface area contributed by atoms with Gasteiger partial charge in [-0.15, -0.1) is 0 Å². The summed E-state index contributed by atoms with van der Waals surface area (Å²) in [6.45, 7) is 3.53. The summed E-state index contributed by atoms with van der Waals surface area (Å²) in [7, 11) is 0.0221. The minimum Gasteiger partial charge on any atom is -0.494 e. The number of rotatable bonds is 7. The van der Waals surface area contributed by atoms with Crippen molar-refractivity contribution < 1.29 is 17.9 Å². The maximum atomic E-state index is 13.4. The minimum atomic E-state index is -3.94. The fraction of sp³-hybridized carbons (Fsp3) is 0.360. The first-order valence-corrected chi connectivity index (χ1v) is 13.0. The number of nitrogens with zero attached hydrogens (tertiary/aromatic N) is 2. The molecule has 1 atom stereocenters. The summed E-state index contributed by atoms with van der Waals surface area (Å²) in [5.41, 5.74) is 0.572. The van der Waals surface area contributed by atoms with Crippen molar-refractivity contribution in [2.45, 2.75) is 30.7 Å². The maximum absolute atomic E-state index is 13.4. The van der Waals surface area contributed by atoms with Crippen LogP contribution in [0.5, 0.6) is 5.75 Å². The number of likely N-dealkylation sites (N-methyl/N-ethyl adjacent to an activating group) is 1. The zero-order valence-electron chi connectivity index (χ0n) is 20.1. The van der Waals surface area contributed by atoms with Crippen LogP contribution in [-0.4, -0.2) is 68.9 Å². The van der Waals surface area contributed by atoms with Crippen LogP contribution in [0.25, 0.3) is 10.9 Å². The number of carbonyl (C=O) groups excluding carboxylic acids is 1. The lowest BCUT2D eigenvalue weighted by Crippen LogP contribution is -2.47. The first-order valence-electron chi connectivity index (χ1n) is 11.6. The number of aromatic nitrogens is 1. The number of H-pyrrole nitrogens is 1. The molecule has 0 saturated carbocycles. The summed E-state index contributed by atoms with van der Waals surface area (Å²) in [6.07, 6.45) is 1.86. The molecular formula is C25H30N4O5S. The molecule has 0 bridgehead atoms. The second kappa shape index (κ2) is 10.1. The standard InChI is InChI=1S/C25H30N4O5S/c1-4-34-19-9-7-17(8-10-19)27-35(32,33)20-11-12-23-21(14-20)22(15-24(30)26-23)25(31)29-13-5-6-18(16-29)28(2)3/h7-12,14-15,18,27H,4-6,13,16H2,1-3H3,(H,26,30). The molecule has 10 heteroatoms. The van der Waals surface area contributed by atoms with Crippen LogP contribution in [-0.2, 0) is 10.0 Å². The molecule has 35 heavy (non-hydrogen) atoms. The number of hydrogen-bond donors (Lipinski definition) is 2. The number of benzene rings is 2. The molecule has 0 spiro atoms. The number of aromatic amines is 1. The molecule has 1 aliphatic rings. The third kappa shape index (κ3) is 5.49. The highest BCUT2D eigenvalue weighted by atomic mass is 32.2. The van der Waals surface area contributed by atoms with Gasteiger partial charge in [-0.1, -0.05) is 0 Å². The highest BCUT2D eigenvalue weighted by Crippen LogP contribution is 2.25. The summed E-state index contributed by atoms with van der Waals surface area (Å²) in [5.74, 6) is 0.365. The molecule has 1 unspecified atom stereocenters. The Hall–Kier alpha value is -3.37. The van der Waals surface area contributed by atoms with Gasteiger partial charge in [0.2, 0.25) is 5.56 Å². The average molecular weight is 499 g/mol. The van der Waals surface area contributed by atoms with Gasteiger partial charge in [-0.3, -0.25) is 14.3 Å². The predicted octanol–water partition coefficient (Wildman–Crippen LogP) is 2.89. The third-order valence-electron chi connectivity index (χ3n) is 6.19. The lowest BCUT2D eigenvalue weighted by Gasteiger charge is -2.36. The van der Waals surface area contributed by atoms with Gasteiger partial charge in [0.05, 0.1) is 17.1 Å². The van der Waals surface area contributed by atoms with Crippen LogP contribution in [0.15, 0.2) is 58.2 Å². The second-order valence-electron chi connectivity index (χ2n) is 8.83. The predicted molar refractivity (Wildman–Crippen MR) is 136 cm³/mol. The molecule has 1 amide bonds. The second-order valence-corrected chi connectivity index (χ2v) is 10.5. The van der Waals surface area contributed by atoms with Crippen LogP contribution in [0.1, 0.15) is 30.1 Å². The van der Waals surface area contributed by atoms with E-state index in [9.17, 15) is 18.0 Å². The lowest BCUT2D eigenvalue weighted by molar-refractivity contribution is 0.0637. The molecule has 2 aromatic carbocycles. The van der Waals surface area contributed by atoms with Crippen molar-refractivity contribution in [3.8, 4) is 5.75 Å². The Morgan fingerprint density at radius 3 is 2.60 bits per heavy atom. The topological polar surface area (TPSA) is 112 Å². The minimum absolute atomic E-state index is 0.00945. The van der Waals surface area contributed by atoms with Crippen LogP contribution in [0.2, 0.25) is 0 Å². The van der Waals surface area contributed by atoms with Gasteiger partial charge in [0.1, 0.15) is 5.75 Å². The maximum Gasteiger partial charge on any atom is 0.261 e. The normalized spacial score (nSPS) is 16.5. The van der Waals surface area contributed by atoms with Crippen molar-refractivity contribution in [3.05, 3.63) is 64.4 Å². The monoisotopic (exact) mass is 498 g/mol. The number of likely N-dealkylation sites (tertiary alicyclic amines) is 1. The molecule has 9 nitrogen and oxygen atoms in total. The van der Waals surface area contributed by atoms with Crippen LogP contribution >= 0.6 is 0 Å². The van der Waals surface area contributed by atoms with Gasteiger partial charge in [0.25, 0.3) is 15.9 Å². The van der Waals surface area contributed by atoms with Crippen LogP contribution in [0.4, 0.5) is 5.69 Å². The first kappa shape index (κ1) is 24.7. The highest BCUT2D eigenvalue weighted by molar-refractivity contribution is 7.92. The molecule has 3 aromatic rings. The molecule has 1 aromatic heterocycles. The van der Waals surface area contributed by atoms with Gasteiger partial charge in [0, 0.05) is 41.8 Å². The fourth-order valence-electron chi connectivity index (χ4n) is 4.31. The Morgan fingerprint density at radius 2 is 1.91 bits per heavy atom. The number of pyridine rings is 1. The Morgan fingerprint density at radius 1 is 1.17 bits per heavy atom. The Kier molecular flexibility index (Phi) is 7.13. The molecule has 1 saturated heterocycles. The molecule has 4 rings (SSSR count). The number of hydrogen-bond acceptors (Lipinski definition) is 6. The zero-order chi connectivity index (χ0) is 25.2. The number of ether oxygens (including phenoxy) is 1. The fourth-order valence-corrected chi connectivity index (χ4v) is 5.39. The van der Waals surface area contributed by atoms with Gasteiger partial charge >= 0.3 is 0 Å². The largest absolute Gasteiger partial charge is 0.494 e. The van der Waals surface area contributed by atoms with E-state index in [1.165, 1.54) is 24.3 Å². The number of piperidine rings is 1. The average Bonchev–Trinajstić information content (AvgIpc) is 2.84. The van der Waals surface area contributed by atoms with E-state index in [0.717, 1.165) is 12.8 Å². The summed E-state index contributed by atoms with van der Waals surface area (Å²) in [6, 6.07) is 12.4. The van der Waals surface area contributed by atoms with E-state index in [1.54, 1.807) is 29.2 Å². The summed E-state index contributed by atoms with van der Waals surface area (Å²) < 4.78 is 34.2. The van der Waals surface area contributed by atoms with E-state index in [4.69, 9.17) is 4.74 Å². The van der Waals surface area contributed by atoms with Crippen molar-refractivity contribution in [1.29, 1.82) is 0 Å². The van der Waals surface area contributed by atoms with Gasteiger partial charge < -0.3 is 19.5 Å². The number of nitrogens with one attached hydrogen (secondary N) is 2. The number of fused-ring (bicyclic) bond motifs is 1. The molecule has 186 valence electrons. The Labute approximate surface area is 204 Å². The van der Waals surface area contributed by atoms with E-state index in [0.29, 0.717) is 42.0 Å².